The molecule has 0 aliphatic rings. The molecular formula is C3H6O2V. The van der Waals surface area contributed by atoms with Crippen molar-refractivity contribution in [2.75, 3.05) is 6.61 Å². The largest absolute Gasteiger partial charge is 0.396 e. The Morgan fingerprint density at radius 1 is 1.67 bits per heavy atom. The molecule has 0 atom stereocenters. The van der Waals surface area contributed by atoms with E-state index < -0.39 is 0 Å². The monoisotopic (exact) mass is 125 g/mol. The van der Waals surface area contributed by atoms with Gasteiger partial charge >= 0.3 is 0 Å². The molecule has 6 heavy (non-hydrogen) atoms. The molecule has 0 aromatic carbocycles. The first-order valence-corrected chi connectivity index (χ1v) is 1.46. The second-order valence-corrected chi connectivity index (χ2v) is 0.679. The minimum atomic E-state index is -0.0243. The SMILES string of the molecule is O=CCCO.[V]. The Labute approximate surface area is 48.4 Å². The minimum Gasteiger partial charge on any atom is -0.396 e. The fourth-order valence-electron chi connectivity index (χ4n) is 0.0527. The van der Waals surface area contributed by atoms with Crippen LogP contribution in [0.4, 0.5) is 0 Å². The number of hydrogen-bond acceptors (Lipinski definition) is 2. The van der Waals surface area contributed by atoms with Crippen molar-refractivity contribution in [3.05, 3.63) is 0 Å². The van der Waals surface area contributed by atoms with Gasteiger partial charge in [-0.2, -0.15) is 0 Å². The van der Waals surface area contributed by atoms with E-state index >= 15 is 0 Å². The predicted molar refractivity (Wildman–Crippen MR) is 17.8 cm³/mol. The summed E-state index contributed by atoms with van der Waals surface area (Å²) in [4.78, 5) is 9.24. The van der Waals surface area contributed by atoms with Crippen LogP contribution in [0.1, 0.15) is 6.42 Å². The molecule has 0 fully saturated rings. The molecule has 3 heteroatoms. The smallest absolute Gasteiger partial charge is 0.122 e. The molecule has 0 aliphatic carbocycles. The zero-order valence-corrected chi connectivity index (χ0v) is 4.69. The van der Waals surface area contributed by atoms with E-state index in [9.17, 15) is 4.79 Å². The van der Waals surface area contributed by atoms with E-state index in [1.54, 1.807) is 0 Å². The Morgan fingerprint density at radius 3 is 2.17 bits per heavy atom. The van der Waals surface area contributed by atoms with Gasteiger partial charge in [0.25, 0.3) is 0 Å². The fourth-order valence-corrected chi connectivity index (χ4v) is 0.0527. The maximum absolute atomic E-state index is 9.24. The molecule has 35 valence electrons. The molecule has 2 nitrogen and oxygen atoms in total. The van der Waals surface area contributed by atoms with Gasteiger partial charge in [-0.1, -0.05) is 0 Å². The van der Waals surface area contributed by atoms with Gasteiger partial charge in [0.2, 0.25) is 0 Å². The topological polar surface area (TPSA) is 37.3 Å². The minimum absolute atomic E-state index is 0. The van der Waals surface area contributed by atoms with Crippen molar-refractivity contribution in [3.8, 4) is 0 Å². The average Bonchev–Trinajstić information content (AvgIpc) is 1.41. The van der Waals surface area contributed by atoms with Crippen LogP contribution < -0.4 is 0 Å². The van der Waals surface area contributed by atoms with Crippen molar-refractivity contribution >= 4 is 6.29 Å². The van der Waals surface area contributed by atoms with E-state index in [-0.39, 0.29) is 31.6 Å². The van der Waals surface area contributed by atoms with Crippen LogP contribution in [-0.2, 0) is 23.4 Å². The van der Waals surface area contributed by atoms with Crippen LogP contribution in [-0.4, -0.2) is 18.0 Å². The van der Waals surface area contributed by atoms with Gasteiger partial charge in [0, 0.05) is 31.6 Å². The third-order valence-electron chi connectivity index (χ3n) is 0.247. The Bertz CT molecular complexity index is 30.0. The average molecular weight is 125 g/mol. The molecule has 1 radical (unpaired) electrons. The maximum Gasteiger partial charge on any atom is 0.122 e. The number of aldehydes is 1. The van der Waals surface area contributed by atoms with Crippen molar-refractivity contribution in [1.29, 1.82) is 0 Å². The molecule has 1 N–H and O–H groups in total. The predicted octanol–water partition coefficient (Wildman–Crippen LogP) is -0.435. The summed E-state index contributed by atoms with van der Waals surface area (Å²) in [7, 11) is 0. The van der Waals surface area contributed by atoms with Crippen LogP contribution >= 0.6 is 0 Å². The summed E-state index contributed by atoms with van der Waals surface area (Å²) in [5.41, 5.74) is 0. The zero-order chi connectivity index (χ0) is 4.12. The van der Waals surface area contributed by atoms with Crippen LogP contribution in [0, 0.1) is 0 Å². The van der Waals surface area contributed by atoms with E-state index in [1.165, 1.54) is 0 Å². The second kappa shape index (κ2) is 8.96. The summed E-state index contributed by atoms with van der Waals surface area (Å²) in [5, 5.41) is 7.84. The van der Waals surface area contributed by atoms with Gasteiger partial charge in [-0.05, 0) is 0 Å². The molecule has 0 rings (SSSR count). The Hall–Kier alpha value is 0.214. The normalized spacial score (nSPS) is 6.17. The summed E-state index contributed by atoms with van der Waals surface area (Å²) in [6, 6.07) is 0. The summed E-state index contributed by atoms with van der Waals surface area (Å²) in [6.45, 7) is -0.0243. The van der Waals surface area contributed by atoms with Gasteiger partial charge in [0.1, 0.15) is 6.29 Å². The first-order chi connectivity index (χ1) is 2.41. The number of rotatable bonds is 2. The van der Waals surface area contributed by atoms with Gasteiger partial charge in [-0.15, -0.1) is 0 Å². The summed E-state index contributed by atoms with van der Waals surface area (Å²) >= 11 is 0. The third kappa shape index (κ3) is 8.88. The molecule has 0 bridgehead atoms. The van der Waals surface area contributed by atoms with Gasteiger partial charge < -0.3 is 9.90 Å². The van der Waals surface area contributed by atoms with Crippen molar-refractivity contribution in [2.24, 2.45) is 0 Å². The summed E-state index contributed by atoms with van der Waals surface area (Å²) < 4.78 is 0. The maximum atomic E-state index is 9.24. The first kappa shape index (κ1) is 9.51. The number of hydrogen-bond donors (Lipinski definition) is 1. The Morgan fingerprint density at radius 2 is 2.17 bits per heavy atom. The van der Waals surface area contributed by atoms with Crippen LogP contribution in [0.3, 0.4) is 0 Å². The van der Waals surface area contributed by atoms with Gasteiger partial charge in [-0.3, -0.25) is 0 Å². The fraction of sp³-hybridized carbons (Fsp3) is 0.667. The third-order valence-corrected chi connectivity index (χ3v) is 0.247. The second-order valence-electron chi connectivity index (χ2n) is 0.679. The van der Waals surface area contributed by atoms with E-state index in [0.717, 1.165) is 0 Å². The number of carbonyl (C=O) groups is 1. The molecular weight excluding hydrogens is 119 g/mol. The van der Waals surface area contributed by atoms with E-state index in [1.807, 2.05) is 0 Å². The summed E-state index contributed by atoms with van der Waals surface area (Å²) in [6.07, 6.45) is 0.944. The molecule has 0 aromatic rings. The molecule has 0 spiro atoms. The molecule has 0 amide bonds. The van der Waals surface area contributed by atoms with E-state index in [2.05, 4.69) is 0 Å². The van der Waals surface area contributed by atoms with Crippen molar-refractivity contribution in [3.63, 3.8) is 0 Å². The molecule has 0 aliphatic heterocycles. The molecule has 0 saturated carbocycles. The van der Waals surface area contributed by atoms with Gasteiger partial charge in [0.05, 0.1) is 0 Å². The Kier molecular flexibility index (Phi) is 14.2. The van der Waals surface area contributed by atoms with Crippen LogP contribution in [0.5, 0.6) is 0 Å². The van der Waals surface area contributed by atoms with Crippen LogP contribution in [0.2, 0.25) is 0 Å². The number of aliphatic hydroxyl groups excluding tert-OH is 1. The van der Waals surface area contributed by atoms with Crippen molar-refractivity contribution < 1.29 is 28.5 Å². The van der Waals surface area contributed by atoms with Gasteiger partial charge in [-0.25, -0.2) is 0 Å². The van der Waals surface area contributed by atoms with Crippen LogP contribution in [0.15, 0.2) is 0 Å². The summed E-state index contributed by atoms with van der Waals surface area (Å²) in [5.74, 6) is 0. The standard InChI is InChI=1S/C3H6O2.V/c4-2-1-3-5;/h2,5H,1,3H2;. The van der Waals surface area contributed by atoms with Gasteiger partial charge in [0.15, 0.2) is 0 Å². The molecule has 0 saturated heterocycles. The van der Waals surface area contributed by atoms with Crippen molar-refractivity contribution in [1.82, 2.24) is 0 Å². The van der Waals surface area contributed by atoms with E-state index in [0.29, 0.717) is 6.29 Å². The van der Waals surface area contributed by atoms with Crippen LogP contribution in [0.25, 0.3) is 0 Å². The number of carbonyl (C=O) groups excluding carboxylic acids is 1. The van der Waals surface area contributed by atoms with E-state index in [4.69, 9.17) is 5.11 Å². The number of aliphatic hydroxyl groups is 1. The molecule has 0 heterocycles. The zero-order valence-electron chi connectivity index (χ0n) is 3.29. The van der Waals surface area contributed by atoms with Crippen molar-refractivity contribution in [2.45, 2.75) is 6.42 Å². The quantitative estimate of drug-likeness (QED) is 0.508. The first-order valence-electron chi connectivity index (χ1n) is 1.46. The Balaban J connectivity index is 0. The molecule has 0 aromatic heterocycles. The molecule has 0 unspecified atom stereocenters.